The third-order valence-electron chi connectivity index (χ3n) is 4.33. The van der Waals surface area contributed by atoms with Gasteiger partial charge in [-0.15, -0.1) is 10.2 Å². The van der Waals surface area contributed by atoms with Gasteiger partial charge in [-0.2, -0.15) is 0 Å². The number of thioether (sulfide) groups is 1. The summed E-state index contributed by atoms with van der Waals surface area (Å²) in [6.07, 6.45) is 4.01. The summed E-state index contributed by atoms with van der Waals surface area (Å²) in [6, 6.07) is 9.81. The van der Waals surface area contributed by atoms with E-state index in [-0.39, 0.29) is 18.4 Å². The van der Waals surface area contributed by atoms with Crippen LogP contribution in [-0.2, 0) is 22.5 Å². The Labute approximate surface area is 163 Å². The van der Waals surface area contributed by atoms with Crippen LogP contribution in [0, 0.1) is 0 Å². The van der Waals surface area contributed by atoms with Gasteiger partial charge in [-0.3, -0.25) is 4.79 Å². The van der Waals surface area contributed by atoms with Crippen molar-refractivity contribution < 1.29 is 14.3 Å². The summed E-state index contributed by atoms with van der Waals surface area (Å²) in [4.78, 5) is 11.1. The number of hydrogen-bond acceptors (Lipinski definition) is 6. The quantitative estimate of drug-likeness (QED) is 0.468. The fourth-order valence-corrected chi connectivity index (χ4v) is 3.83. The molecule has 8 heteroatoms. The maximum Gasteiger partial charge on any atom is 0.217 e. The number of nitrogens with two attached hydrogens (primary N) is 1. The summed E-state index contributed by atoms with van der Waals surface area (Å²) in [6.45, 7) is 2.19. The molecule has 7 nitrogen and oxygen atoms in total. The van der Waals surface area contributed by atoms with Gasteiger partial charge in [-0.25, -0.2) is 0 Å². The lowest BCUT2D eigenvalue weighted by molar-refractivity contribution is -0.118. The Balaban J connectivity index is 1.52. The van der Waals surface area contributed by atoms with Crippen molar-refractivity contribution in [1.82, 2.24) is 14.8 Å². The molecule has 2 aromatic rings. The summed E-state index contributed by atoms with van der Waals surface area (Å²) in [7, 11) is 0. The van der Waals surface area contributed by atoms with Crippen molar-refractivity contribution in [2.45, 2.75) is 49.9 Å². The van der Waals surface area contributed by atoms with Crippen LogP contribution in [0.5, 0.6) is 5.75 Å². The van der Waals surface area contributed by atoms with E-state index in [0.717, 1.165) is 54.9 Å². The van der Waals surface area contributed by atoms with Crippen LogP contribution in [0.4, 0.5) is 0 Å². The highest BCUT2D eigenvalue weighted by Crippen LogP contribution is 2.22. The third-order valence-corrected chi connectivity index (χ3v) is 5.38. The Bertz CT molecular complexity index is 717. The average Bonchev–Trinajstić information content (AvgIpc) is 3.31. The molecule has 3 rings (SSSR count). The van der Waals surface area contributed by atoms with Gasteiger partial charge in [0.1, 0.15) is 11.6 Å². The zero-order valence-corrected chi connectivity index (χ0v) is 16.2. The van der Waals surface area contributed by atoms with Crippen molar-refractivity contribution in [3.05, 3.63) is 36.2 Å². The molecule has 1 unspecified atom stereocenters. The maximum atomic E-state index is 11.1. The highest BCUT2D eigenvalue weighted by atomic mass is 32.2. The first-order chi connectivity index (χ1) is 13.2. The topological polar surface area (TPSA) is 92.3 Å². The van der Waals surface area contributed by atoms with E-state index >= 15 is 0 Å². The van der Waals surface area contributed by atoms with E-state index in [0.29, 0.717) is 13.0 Å². The lowest BCUT2D eigenvalue weighted by Gasteiger charge is -2.14. The number of para-hydroxylation sites is 1. The van der Waals surface area contributed by atoms with E-state index in [2.05, 4.69) is 14.8 Å². The Kier molecular flexibility index (Phi) is 7.53. The number of carbonyl (C=O) groups excluding carboxylic acids is 1. The molecule has 1 amide bonds. The van der Waals surface area contributed by atoms with E-state index < -0.39 is 0 Å². The van der Waals surface area contributed by atoms with Crippen molar-refractivity contribution in [3.63, 3.8) is 0 Å². The minimum atomic E-state index is -0.325. The number of aryl methyl sites for hydroxylation is 1. The van der Waals surface area contributed by atoms with Gasteiger partial charge in [-0.1, -0.05) is 30.0 Å². The van der Waals surface area contributed by atoms with E-state index in [1.165, 1.54) is 0 Å². The highest BCUT2D eigenvalue weighted by Gasteiger charge is 2.21. The Morgan fingerprint density at radius 2 is 2.19 bits per heavy atom. The number of benzene rings is 1. The Morgan fingerprint density at radius 3 is 2.93 bits per heavy atom. The summed E-state index contributed by atoms with van der Waals surface area (Å²) in [5.41, 5.74) is 5.28. The van der Waals surface area contributed by atoms with Gasteiger partial charge >= 0.3 is 0 Å². The van der Waals surface area contributed by atoms with Gasteiger partial charge in [0, 0.05) is 25.2 Å². The molecule has 1 aliphatic rings. The third kappa shape index (κ3) is 6.25. The van der Waals surface area contributed by atoms with Gasteiger partial charge in [0.15, 0.2) is 5.16 Å². The molecule has 1 saturated heterocycles. The van der Waals surface area contributed by atoms with Gasteiger partial charge in [0.25, 0.3) is 0 Å². The first-order valence-electron chi connectivity index (χ1n) is 9.35. The van der Waals surface area contributed by atoms with Crippen LogP contribution >= 0.6 is 11.8 Å². The van der Waals surface area contributed by atoms with Crippen LogP contribution in [0.1, 0.15) is 31.5 Å². The number of primary amides is 1. The van der Waals surface area contributed by atoms with Crippen LogP contribution in [0.25, 0.3) is 0 Å². The van der Waals surface area contributed by atoms with E-state index in [9.17, 15) is 4.79 Å². The molecule has 0 spiro atoms. The fourth-order valence-electron chi connectivity index (χ4n) is 2.95. The summed E-state index contributed by atoms with van der Waals surface area (Å²) < 4.78 is 13.6. The fraction of sp³-hybridized carbons (Fsp3) is 0.526. The second-order valence-electron chi connectivity index (χ2n) is 6.47. The molecule has 0 radical (unpaired) electrons. The second-order valence-corrected chi connectivity index (χ2v) is 7.54. The van der Waals surface area contributed by atoms with E-state index in [4.69, 9.17) is 15.2 Å². The largest absolute Gasteiger partial charge is 0.494 e. The highest BCUT2D eigenvalue weighted by molar-refractivity contribution is 7.99. The van der Waals surface area contributed by atoms with Crippen LogP contribution in [0.15, 0.2) is 35.5 Å². The zero-order valence-electron chi connectivity index (χ0n) is 15.4. The van der Waals surface area contributed by atoms with Crippen LogP contribution in [0.2, 0.25) is 0 Å². The van der Waals surface area contributed by atoms with Crippen molar-refractivity contribution in [1.29, 1.82) is 0 Å². The second kappa shape index (κ2) is 10.3. The lowest BCUT2D eigenvalue weighted by atomic mass is 10.2. The summed E-state index contributed by atoms with van der Waals surface area (Å²) in [5.74, 6) is 2.24. The number of ether oxygens (including phenoxy) is 2. The Hall–Kier alpha value is -2.06. The molecule has 1 fully saturated rings. The van der Waals surface area contributed by atoms with Gasteiger partial charge in [0.05, 0.1) is 19.3 Å². The van der Waals surface area contributed by atoms with Gasteiger partial charge < -0.3 is 19.8 Å². The standard InChI is InChI=1S/C19H26N4O3S/c20-17(24)9-10-18-21-22-19(23(18)14-16-8-4-11-26-16)27-13-5-12-25-15-6-2-1-3-7-15/h1-3,6-7,16H,4-5,8-14H2,(H2,20,24). The number of rotatable bonds is 11. The molecule has 1 aromatic carbocycles. The maximum absolute atomic E-state index is 11.1. The molecule has 1 aliphatic heterocycles. The molecular formula is C19H26N4O3S. The monoisotopic (exact) mass is 390 g/mol. The van der Waals surface area contributed by atoms with Crippen molar-refractivity contribution in [3.8, 4) is 5.75 Å². The number of aromatic nitrogens is 3. The molecule has 2 heterocycles. The number of nitrogens with zero attached hydrogens (tertiary/aromatic N) is 3. The molecular weight excluding hydrogens is 364 g/mol. The molecule has 0 bridgehead atoms. The Morgan fingerprint density at radius 1 is 1.33 bits per heavy atom. The zero-order chi connectivity index (χ0) is 18.9. The summed E-state index contributed by atoms with van der Waals surface area (Å²) >= 11 is 1.66. The van der Waals surface area contributed by atoms with Crippen molar-refractivity contribution in [2.24, 2.45) is 5.73 Å². The van der Waals surface area contributed by atoms with E-state index in [1.807, 2.05) is 30.3 Å². The van der Waals surface area contributed by atoms with Crippen molar-refractivity contribution >= 4 is 17.7 Å². The van der Waals surface area contributed by atoms with Gasteiger partial charge in [0.2, 0.25) is 5.91 Å². The minimum Gasteiger partial charge on any atom is -0.494 e. The molecule has 2 N–H and O–H groups in total. The van der Waals surface area contributed by atoms with Crippen LogP contribution in [-0.4, -0.2) is 45.7 Å². The lowest BCUT2D eigenvalue weighted by Crippen LogP contribution is -2.19. The number of carbonyl (C=O) groups is 1. The van der Waals surface area contributed by atoms with Crippen molar-refractivity contribution in [2.75, 3.05) is 19.0 Å². The average molecular weight is 391 g/mol. The van der Waals surface area contributed by atoms with E-state index in [1.54, 1.807) is 11.8 Å². The predicted molar refractivity (Wildman–Crippen MR) is 104 cm³/mol. The van der Waals surface area contributed by atoms with Crippen LogP contribution in [0.3, 0.4) is 0 Å². The number of amides is 1. The van der Waals surface area contributed by atoms with Gasteiger partial charge in [-0.05, 0) is 31.4 Å². The first-order valence-corrected chi connectivity index (χ1v) is 10.3. The molecule has 1 aromatic heterocycles. The SMILES string of the molecule is NC(=O)CCc1nnc(SCCCOc2ccccc2)n1CC1CCCO1. The first kappa shape index (κ1) is 19.7. The molecule has 1 atom stereocenters. The predicted octanol–water partition coefficient (Wildman–Crippen LogP) is 2.44. The smallest absolute Gasteiger partial charge is 0.217 e. The number of hydrogen-bond donors (Lipinski definition) is 1. The van der Waals surface area contributed by atoms with Crippen LogP contribution < -0.4 is 10.5 Å². The molecule has 146 valence electrons. The normalized spacial score (nSPS) is 16.5. The molecule has 27 heavy (non-hydrogen) atoms. The molecule has 0 aliphatic carbocycles. The minimum absolute atomic E-state index is 0.189. The summed E-state index contributed by atoms with van der Waals surface area (Å²) in [5, 5.41) is 9.46. The molecule has 0 saturated carbocycles.